The van der Waals surface area contributed by atoms with Crippen LogP contribution in [0.2, 0.25) is 0 Å². The molecule has 0 bridgehead atoms. The third kappa shape index (κ3) is 3.09. The summed E-state index contributed by atoms with van der Waals surface area (Å²) in [5.41, 5.74) is 3.86. The lowest BCUT2D eigenvalue weighted by atomic mass is 10.1. The van der Waals surface area contributed by atoms with Crippen molar-refractivity contribution < 1.29 is 4.42 Å². The Morgan fingerprint density at radius 1 is 0.667 bits per heavy atom. The molecular formula is C16H12Cl2N2O. The molecule has 106 valence electrons. The Morgan fingerprint density at radius 3 is 1.38 bits per heavy atom. The van der Waals surface area contributed by atoms with Gasteiger partial charge >= 0.3 is 0 Å². The second-order valence-electron chi connectivity index (χ2n) is 4.57. The minimum atomic E-state index is 0.488. The standard InChI is InChI=1S/C16H12Cl2N2O/c17-9-11-1-5-13(6-2-11)15-19-20-16(21-15)14-7-3-12(10-18)4-8-14/h1-8H,9-10H2. The van der Waals surface area contributed by atoms with Gasteiger partial charge in [0.2, 0.25) is 11.8 Å². The van der Waals surface area contributed by atoms with E-state index in [9.17, 15) is 0 Å². The van der Waals surface area contributed by atoms with E-state index in [2.05, 4.69) is 10.2 Å². The summed E-state index contributed by atoms with van der Waals surface area (Å²) in [7, 11) is 0. The lowest BCUT2D eigenvalue weighted by Gasteiger charge is -1.98. The first kappa shape index (κ1) is 14.1. The average molecular weight is 319 g/mol. The molecule has 5 heteroatoms. The Labute approximate surface area is 132 Å². The van der Waals surface area contributed by atoms with Crippen LogP contribution in [0, 0.1) is 0 Å². The molecule has 21 heavy (non-hydrogen) atoms. The largest absolute Gasteiger partial charge is 0.416 e. The number of hydrogen-bond acceptors (Lipinski definition) is 3. The monoisotopic (exact) mass is 318 g/mol. The molecule has 0 unspecified atom stereocenters. The quantitative estimate of drug-likeness (QED) is 0.643. The molecule has 0 spiro atoms. The number of hydrogen-bond donors (Lipinski definition) is 0. The maximum absolute atomic E-state index is 5.77. The van der Waals surface area contributed by atoms with E-state index in [4.69, 9.17) is 27.6 Å². The van der Waals surface area contributed by atoms with Gasteiger partial charge in [-0.2, -0.15) is 0 Å². The van der Waals surface area contributed by atoms with E-state index in [-0.39, 0.29) is 0 Å². The number of nitrogens with zero attached hydrogens (tertiary/aromatic N) is 2. The van der Waals surface area contributed by atoms with Crippen molar-refractivity contribution in [3.05, 3.63) is 59.7 Å². The molecule has 3 nitrogen and oxygen atoms in total. The van der Waals surface area contributed by atoms with E-state index in [0.29, 0.717) is 23.5 Å². The summed E-state index contributed by atoms with van der Waals surface area (Å²) in [6, 6.07) is 15.5. The SMILES string of the molecule is ClCc1ccc(-c2nnc(-c3ccc(CCl)cc3)o2)cc1. The van der Waals surface area contributed by atoms with Gasteiger partial charge in [0.25, 0.3) is 0 Å². The lowest BCUT2D eigenvalue weighted by Crippen LogP contribution is -1.80. The maximum atomic E-state index is 5.77. The summed E-state index contributed by atoms with van der Waals surface area (Å²) in [4.78, 5) is 0. The first-order chi connectivity index (χ1) is 10.3. The molecule has 2 aromatic carbocycles. The molecular weight excluding hydrogens is 307 g/mol. The van der Waals surface area contributed by atoms with Gasteiger partial charge in [-0.3, -0.25) is 0 Å². The van der Waals surface area contributed by atoms with Crippen molar-refractivity contribution in [2.24, 2.45) is 0 Å². The third-order valence-electron chi connectivity index (χ3n) is 3.14. The highest BCUT2D eigenvalue weighted by atomic mass is 35.5. The highest BCUT2D eigenvalue weighted by molar-refractivity contribution is 6.17. The molecule has 0 saturated heterocycles. The lowest BCUT2D eigenvalue weighted by molar-refractivity contribution is 0.584. The van der Waals surface area contributed by atoms with Gasteiger partial charge in [0.05, 0.1) is 0 Å². The van der Waals surface area contributed by atoms with Gasteiger partial charge in [-0.25, -0.2) is 0 Å². The Hall–Kier alpha value is -1.84. The summed E-state index contributed by atoms with van der Waals surface area (Å²) in [6.45, 7) is 0. The Bertz CT molecular complexity index is 659. The zero-order chi connectivity index (χ0) is 14.7. The first-order valence-corrected chi connectivity index (χ1v) is 7.51. The van der Waals surface area contributed by atoms with Crippen molar-refractivity contribution >= 4 is 23.2 Å². The van der Waals surface area contributed by atoms with E-state index in [1.54, 1.807) is 0 Å². The second kappa shape index (κ2) is 6.29. The molecule has 0 amide bonds. The minimum absolute atomic E-state index is 0.488. The van der Waals surface area contributed by atoms with Crippen LogP contribution in [-0.4, -0.2) is 10.2 Å². The topological polar surface area (TPSA) is 38.9 Å². The summed E-state index contributed by atoms with van der Waals surface area (Å²) in [6.07, 6.45) is 0. The second-order valence-corrected chi connectivity index (χ2v) is 5.11. The van der Waals surface area contributed by atoms with Gasteiger partial charge in [0.1, 0.15) is 0 Å². The predicted octanol–water partition coefficient (Wildman–Crippen LogP) is 4.88. The van der Waals surface area contributed by atoms with Crippen LogP contribution in [0.1, 0.15) is 11.1 Å². The number of halogens is 2. The van der Waals surface area contributed by atoms with Crippen molar-refractivity contribution in [2.45, 2.75) is 11.8 Å². The van der Waals surface area contributed by atoms with Gasteiger partial charge in [0, 0.05) is 22.9 Å². The van der Waals surface area contributed by atoms with Crippen molar-refractivity contribution in [2.75, 3.05) is 0 Å². The number of rotatable bonds is 4. The molecule has 0 aliphatic heterocycles. The number of alkyl halides is 2. The molecule has 3 aromatic rings. The van der Waals surface area contributed by atoms with Crippen LogP contribution in [0.25, 0.3) is 22.9 Å². The van der Waals surface area contributed by atoms with Crippen LogP contribution in [0.4, 0.5) is 0 Å². The molecule has 0 fully saturated rings. The average Bonchev–Trinajstić information content (AvgIpc) is 3.05. The van der Waals surface area contributed by atoms with Gasteiger partial charge in [0.15, 0.2) is 0 Å². The molecule has 3 rings (SSSR count). The summed E-state index contributed by atoms with van der Waals surface area (Å²) < 4.78 is 5.71. The van der Waals surface area contributed by atoms with Crippen molar-refractivity contribution in [1.82, 2.24) is 10.2 Å². The molecule has 0 saturated carbocycles. The van der Waals surface area contributed by atoms with Crippen LogP contribution in [0.3, 0.4) is 0 Å². The first-order valence-electron chi connectivity index (χ1n) is 6.44. The van der Waals surface area contributed by atoms with E-state index in [0.717, 1.165) is 22.3 Å². The number of aromatic nitrogens is 2. The van der Waals surface area contributed by atoms with Crippen LogP contribution in [-0.2, 0) is 11.8 Å². The van der Waals surface area contributed by atoms with Crippen LogP contribution in [0.15, 0.2) is 52.9 Å². The summed E-state index contributed by atoms with van der Waals surface area (Å²) in [5, 5.41) is 8.17. The van der Waals surface area contributed by atoms with Crippen LogP contribution >= 0.6 is 23.2 Å². The fraction of sp³-hybridized carbons (Fsp3) is 0.125. The van der Waals surface area contributed by atoms with Gasteiger partial charge in [-0.1, -0.05) is 24.3 Å². The Morgan fingerprint density at radius 2 is 1.05 bits per heavy atom. The predicted molar refractivity (Wildman–Crippen MR) is 84.3 cm³/mol. The normalized spacial score (nSPS) is 10.8. The molecule has 1 aromatic heterocycles. The molecule has 0 aliphatic rings. The maximum Gasteiger partial charge on any atom is 0.248 e. The summed E-state index contributed by atoms with van der Waals surface area (Å²) >= 11 is 11.5. The molecule has 0 atom stereocenters. The third-order valence-corrected chi connectivity index (χ3v) is 3.75. The molecule has 1 heterocycles. The highest BCUT2D eigenvalue weighted by Gasteiger charge is 2.10. The molecule has 0 N–H and O–H groups in total. The Kier molecular flexibility index (Phi) is 4.23. The van der Waals surface area contributed by atoms with Crippen molar-refractivity contribution in [3.8, 4) is 22.9 Å². The molecule has 0 aliphatic carbocycles. The van der Waals surface area contributed by atoms with Crippen LogP contribution < -0.4 is 0 Å². The van der Waals surface area contributed by atoms with Gasteiger partial charge in [-0.15, -0.1) is 33.4 Å². The van der Waals surface area contributed by atoms with Crippen molar-refractivity contribution in [3.63, 3.8) is 0 Å². The van der Waals surface area contributed by atoms with E-state index in [1.165, 1.54) is 0 Å². The van der Waals surface area contributed by atoms with Crippen LogP contribution in [0.5, 0.6) is 0 Å². The Balaban J connectivity index is 1.87. The highest BCUT2D eigenvalue weighted by Crippen LogP contribution is 2.24. The summed E-state index contributed by atoms with van der Waals surface area (Å²) in [5.74, 6) is 1.96. The smallest absolute Gasteiger partial charge is 0.248 e. The van der Waals surface area contributed by atoms with E-state index < -0.39 is 0 Å². The van der Waals surface area contributed by atoms with E-state index in [1.807, 2.05) is 48.5 Å². The van der Waals surface area contributed by atoms with Crippen molar-refractivity contribution in [1.29, 1.82) is 0 Å². The fourth-order valence-electron chi connectivity index (χ4n) is 1.93. The zero-order valence-electron chi connectivity index (χ0n) is 11.1. The van der Waals surface area contributed by atoms with Gasteiger partial charge in [-0.05, 0) is 35.4 Å². The number of benzene rings is 2. The minimum Gasteiger partial charge on any atom is -0.416 e. The fourth-order valence-corrected chi connectivity index (χ4v) is 2.29. The zero-order valence-corrected chi connectivity index (χ0v) is 12.6. The van der Waals surface area contributed by atoms with E-state index >= 15 is 0 Å². The molecule has 0 radical (unpaired) electrons. The van der Waals surface area contributed by atoms with Gasteiger partial charge < -0.3 is 4.42 Å².